The molecule has 8 nitrogen and oxygen atoms in total. The number of nitrogens with zero attached hydrogens (tertiary/aromatic N) is 4. The van der Waals surface area contributed by atoms with Crippen molar-refractivity contribution in [2.24, 2.45) is 0 Å². The van der Waals surface area contributed by atoms with E-state index in [1.165, 1.54) is 15.6 Å². The number of sulfonamides is 1. The lowest BCUT2D eigenvalue weighted by molar-refractivity contribution is -0.130. The number of benzene rings is 1. The largest absolute Gasteiger partial charge is 0.351 e. The van der Waals surface area contributed by atoms with Crippen molar-refractivity contribution in [3.05, 3.63) is 52.3 Å². The van der Waals surface area contributed by atoms with Crippen LogP contribution in [0.5, 0.6) is 0 Å². The molecule has 35 heavy (non-hydrogen) atoms. The number of aromatic amines is 1. The molecule has 0 atom stereocenters. The molecule has 0 radical (unpaired) electrons. The number of carbonyl (C=O) groups excluding carboxylic acids is 1. The maximum atomic E-state index is 13.1. The minimum atomic E-state index is -3.64. The molecule has 11 heteroatoms. The van der Waals surface area contributed by atoms with E-state index in [2.05, 4.69) is 14.9 Å². The highest BCUT2D eigenvalue weighted by molar-refractivity contribution is 7.94. The molecule has 4 heterocycles. The fraction of sp³-hybridized carbons (Fsp3) is 0.333. The van der Waals surface area contributed by atoms with E-state index >= 15 is 0 Å². The molecule has 0 aliphatic carbocycles. The van der Waals surface area contributed by atoms with E-state index in [0.717, 1.165) is 64.8 Å². The number of anilines is 1. The summed E-state index contributed by atoms with van der Waals surface area (Å²) in [6, 6.07) is 9.21. The molecule has 1 fully saturated rings. The van der Waals surface area contributed by atoms with Crippen LogP contribution in [-0.4, -0.2) is 67.3 Å². The average molecular weight is 530 g/mol. The number of hydrogen-bond acceptors (Lipinski definition) is 7. The molecule has 1 aliphatic heterocycles. The van der Waals surface area contributed by atoms with Gasteiger partial charge >= 0.3 is 0 Å². The van der Waals surface area contributed by atoms with Crippen molar-refractivity contribution < 1.29 is 13.2 Å². The van der Waals surface area contributed by atoms with Crippen LogP contribution in [0, 0.1) is 6.92 Å². The number of nitrogens with one attached hydrogen (secondary N) is 1. The zero-order valence-corrected chi connectivity index (χ0v) is 22.3. The molecule has 1 amide bonds. The second kappa shape index (κ2) is 9.38. The van der Waals surface area contributed by atoms with E-state index in [9.17, 15) is 13.2 Å². The van der Waals surface area contributed by atoms with Crippen LogP contribution < -0.4 is 4.31 Å². The van der Waals surface area contributed by atoms with Gasteiger partial charge in [-0.05, 0) is 36.1 Å². The highest BCUT2D eigenvalue weighted by Gasteiger charge is 2.25. The minimum absolute atomic E-state index is 0.132. The van der Waals surface area contributed by atoms with Crippen molar-refractivity contribution in [1.82, 2.24) is 19.8 Å². The maximum absolute atomic E-state index is 13.1. The Morgan fingerprint density at radius 3 is 2.66 bits per heavy atom. The second-order valence-electron chi connectivity index (χ2n) is 8.69. The van der Waals surface area contributed by atoms with Gasteiger partial charge in [0.2, 0.25) is 5.91 Å². The van der Waals surface area contributed by atoms with Gasteiger partial charge in [-0.3, -0.25) is 14.0 Å². The molecular weight excluding hydrogens is 502 g/mol. The minimum Gasteiger partial charge on any atom is -0.351 e. The Labute approximate surface area is 212 Å². The van der Waals surface area contributed by atoms with Crippen LogP contribution in [0.15, 0.2) is 46.1 Å². The van der Waals surface area contributed by atoms with Gasteiger partial charge in [0.1, 0.15) is 9.22 Å². The molecule has 0 spiro atoms. The Bertz CT molecular complexity index is 1470. The number of carbonyl (C=O) groups is 1. The van der Waals surface area contributed by atoms with Crippen LogP contribution in [0.25, 0.3) is 21.6 Å². The van der Waals surface area contributed by atoms with Crippen LogP contribution in [-0.2, 0) is 21.4 Å². The van der Waals surface area contributed by atoms with Gasteiger partial charge in [-0.2, -0.15) is 0 Å². The van der Waals surface area contributed by atoms with E-state index in [1.54, 1.807) is 42.8 Å². The molecule has 1 N–H and O–H groups in total. The van der Waals surface area contributed by atoms with Crippen molar-refractivity contribution >= 4 is 55.2 Å². The third kappa shape index (κ3) is 4.61. The van der Waals surface area contributed by atoms with Crippen molar-refractivity contribution in [3.63, 3.8) is 0 Å². The Hall–Kier alpha value is -2.73. The number of rotatable bonds is 6. The third-order valence-electron chi connectivity index (χ3n) is 6.42. The van der Waals surface area contributed by atoms with Crippen LogP contribution in [0.2, 0.25) is 0 Å². The summed E-state index contributed by atoms with van der Waals surface area (Å²) in [4.78, 5) is 25.0. The molecule has 184 valence electrons. The summed E-state index contributed by atoms with van der Waals surface area (Å²) in [6.45, 7) is 7.66. The molecule has 0 bridgehead atoms. The summed E-state index contributed by atoms with van der Waals surface area (Å²) in [5.41, 5.74) is 3.31. The quantitative estimate of drug-likeness (QED) is 0.405. The molecular formula is C24H27N5O3S3. The Balaban J connectivity index is 1.40. The number of thiazole rings is 1. The zero-order valence-electron chi connectivity index (χ0n) is 19.8. The van der Waals surface area contributed by atoms with Gasteiger partial charge in [0.05, 0.1) is 16.9 Å². The van der Waals surface area contributed by atoms with Gasteiger partial charge in [-0.25, -0.2) is 13.4 Å². The topological polar surface area (TPSA) is 89.6 Å². The smallest absolute Gasteiger partial charge is 0.273 e. The summed E-state index contributed by atoms with van der Waals surface area (Å²) >= 11 is 2.84. The standard InChI is InChI=1S/C24H27N5O3S3/c1-16-6-7-21(27(3)35(31,32)22-5-4-12-33-22)23-19(16)13-20(26-23)24-25-14-18(34-24)15-28-8-10-29(11-9-28)17(2)30/h4-7,12-14,26H,8-11,15H2,1-3H3. The first-order valence-electron chi connectivity index (χ1n) is 11.3. The molecule has 4 aromatic rings. The molecule has 0 unspecified atom stereocenters. The molecule has 1 aromatic carbocycles. The molecule has 1 saturated heterocycles. The molecule has 5 rings (SSSR count). The lowest BCUT2D eigenvalue weighted by atomic mass is 10.1. The van der Waals surface area contributed by atoms with Gasteiger partial charge < -0.3 is 9.88 Å². The highest BCUT2D eigenvalue weighted by atomic mass is 32.2. The Morgan fingerprint density at radius 1 is 1.20 bits per heavy atom. The summed E-state index contributed by atoms with van der Waals surface area (Å²) in [7, 11) is -2.05. The number of aryl methyl sites for hydroxylation is 1. The Kier molecular flexibility index (Phi) is 6.43. The fourth-order valence-corrected chi connectivity index (χ4v) is 7.64. The van der Waals surface area contributed by atoms with Crippen LogP contribution in [0.4, 0.5) is 5.69 Å². The number of piperazine rings is 1. The normalized spacial score (nSPS) is 15.1. The van der Waals surface area contributed by atoms with E-state index in [4.69, 9.17) is 0 Å². The van der Waals surface area contributed by atoms with Gasteiger partial charge in [0.25, 0.3) is 10.0 Å². The van der Waals surface area contributed by atoms with Crippen LogP contribution in [0.3, 0.4) is 0 Å². The SMILES string of the molecule is CC(=O)N1CCN(Cc2cnc(-c3cc4c(C)ccc(N(C)S(=O)(=O)c5cccs5)c4[nH]3)s2)CC1. The van der Waals surface area contributed by atoms with Crippen LogP contribution >= 0.6 is 22.7 Å². The number of aromatic nitrogens is 2. The predicted molar refractivity (Wildman–Crippen MR) is 142 cm³/mol. The van der Waals surface area contributed by atoms with Crippen molar-refractivity contribution in [2.75, 3.05) is 37.5 Å². The van der Waals surface area contributed by atoms with Gasteiger partial charge in [-0.15, -0.1) is 22.7 Å². The van der Waals surface area contributed by atoms with Crippen molar-refractivity contribution in [1.29, 1.82) is 0 Å². The second-order valence-corrected chi connectivity index (χ2v) is 13.0. The van der Waals surface area contributed by atoms with E-state index in [0.29, 0.717) is 9.90 Å². The lowest BCUT2D eigenvalue weighted by Crippen LogP contribution is -2.47. The first-order valence-corrected chi connectivity index (χ1v) is 14.5. The molecule has 0 saturated carbocycles. The zero-order chi connectivity index (χ0) is 24.7. The molecule has 1 aliphatic rings. The first kappa shape index (κ1) is 24.0. The number of thiophene rings is 1. The van der Waals surface area contributed by atoms with Gasteiger partial charge in [0, 0.05) is 63.2 Å². The van der Waals surface area contributed by atoms with Gasteiger partial charge in [-0.1, -0.05) is 12.1 Å². The van der Waals surface area contributed by atoms with E-state index in [-0.39, 0.29) is 5.91 Å². The molecule has 3 aromatic heterocycles. The predicted octanol–water partition coefficient (Wildman–Crippen LogP) is 4.15. The number of hydrogen-bond donors (Lipinski definition) is 1. The lowest BCUT2D eigenvalue weighted by Gasteiger charge is -2.33. The monoisotopic (exact) mass is 529 g/mol. The summed E-state index contributed by atoms with van der Waals surface area (Å²) < 4.78 is 27.9. The summed E-state index contributed by atoms with van der Waals surface area (Å²) in [5.74, 6) is 0.132. The van der Waals surface area contributed by atoms with E-state index in [1.807, 2.05) is 36.2 Å². The third-order valence-corrected chi connectivity index (χ3v) is 10.6. The van der Waals surface area contributed by atoms with Gasteiger partial charge in [0.15, 0.2) is 0 Å². The fourth-order valence-electron chi connectivity index (χ4n) is 4.34. The van der Waals surface area contributed by atoms with Crippen LogP contribution in [0.1, 0.15) is 17.4 Å². The van der Waals surface area contributed by atoms with Crippen molar-refractivity contribution in [2.45, 2.75) is 24.6 Å². The maximum Gasteiger partial charge on any atom is 0.273 e. The van der Waals surface area contributed by atoms with E-state index < -0.39 is 10.0 Å². The number of amides is 1. The number of fused-ring (bicyclic) bond motifs is 1. The summed E-state index contributed by atoms with van der Waals surface area (Å²) in [5, 5.41) is 3.61. The average Bonchev–Trinajstić information content (AvgIpc) is 3.60. The van der Waals surface area contributed by atoms with Crippen molar-refractivity contribution in [3.8, 4) is 10.7 Å². The highest BCUT2D eigenvalue weighted by Crippen LogP contribution is 2.36. The first-order chi connectivity index (χ1) is 16.7. The summed E-state index contributed by atoms with van der Waals surface area (Å²) in [6.07, 6.45) is 1.91. The Morgan fingerprint density at radius 2 is 1.97 bits per heavy atom. The number of H-pyrrole nitrogens is 1.